The molecule has 0 unspecified atom stereocenters. The molecule has 0 aliphatic heterocycles. The van der Waals surface area contributed by atoms with Crippen LogP contribution < -0.4 is 0 Å². The molecule has 1 aromatic carbocycles. The Bertz CT molecular complexity index is 1240. The summed E-state index contributed by atoms with van der Waals surface area (Å²) in [5, 5.41) is 0. The van der Waals surface area contributed by atoms with Crippen LogP contribution in [0.25, 0.3) is 0 Å². The molecule has 0 saturated heterocycles. The van der Waals surface area contributed by atoms with Gasteiger partial charge in [-0.15, -0.1) is 0 Å². The lowest BCUT2D eigenvalue weighted by molar-refractivity contribution is -0.173. The molecule has 0 amide bonds. The van der Waals surface area contributed by atoms with Crippen LogP contribution >= 0.6 is 0 Å². The minimum absolute atomic E-state index is 0.0398. The predicted molar refractivity (Wildman–Crippen MR) is 150 cm³/mol. The number of ether oxygens (including phenoxy) is 1. The Balaban J connectivity index is 2.38. The van der Waals surface area contributed by atoms with E-state index >= 15 is 0 Å². The van der Waals surface area contributed by atoms with E-state index in [0.29, 0.717) is 5.56 Å². The maximum Gasteiger partial charge on any atom is 0.389 e. The molecule has 2 aliphatic rings. The Morgan fingerprint density at radius 2 is 1.57 bits per heavy atom. The van der Waals surface area contributed by atoms with E-state index in [1.54, 1.807) is 30.3 Å². The lowest BCUT2D eigenvalue weighted by atomic mass is 9.39. The van der Waals surface area contributed by atoms with Gasteiger partial charge in [0.2, 0.25) is 0 Å². The molecule has 3 atom stereocenters. The van der Waals surface area contributed by atoms with Crippen molar-refractivity contribution in [3.8, 4) is 0 Å². The molecule has 0 N–H and O–H groups in total. The van der Waals surface area contributed by atoms with Crippen LogP contribution in [0.5, 0.6) is 0 Å². The summed E-state index contributed by atoms with van der Waals surface area (Å²) in [5.41, 5.74) is -1.98. The number of allylic oxidation sites excluding steroid dienone is 6. The third-order valence-electron chi connectivity index (χ3n) is 8.97. The summed E-state index contributed by atoms with van der Waals surface area (Å²) < 4.78 is 45.3. The van der Waals surface area contributed by atoms with Crippen molar-refractivity contribution in [2.45, 2.75) is 86.2 Å². The summed E-state index contributed by atoms with van der Waals surface area (Å²) in [6.45, 7) is 11.2. The molecular weight excluding hydrogens is 517 g/mol. The zero-order valence-corrected chi connectivity index (χ0v) is 24.6. The first kappa shape index (κ1) is 31.6. The molecule has 0 aromatic heterocycles. The van der Waals surface area contributed by atoms with E-state index in [0.717, 1.165) is 11.1 Å². The number of carbonyl (C=O) groups is 3. The van der Waals surface area contributed by atoms with E-state index in [1.807, 2.05) is 53.7 Å². The molecule has 1 aromatic rings. The van der Waals surface area contributed by atoms with Crippen molar-refractivity contribution in [3.63, 3.8) is 0 Å². The van der Waals surface area contributed by atoms with Gasteiger partial charge < -0.3 is 4.74 Å². The standard InChI is InChI=1S/C33H41F3O4/c1-21(2)15-18-31-20-24(14-11-17-33(34,35)36)30(5,6)32(29(31)39,19-16-22(3)4)27(38)25(28(31)40-7)26(37)23-12-9-8-10-13-23/h8-10,12-13,15-16,24H,11,14,17-20H2,1-7H3/t24-,31-,32+/m0/s1. The van der Waals surface area contributed by atoms with E-state index in [9.17, 15) is 27.6 Å². The number of ketones is 3. The van der Waals surface area contributed by atoms with Gasteiger partial charge in [0.25, 0.3) is 0 Å². The fraction of sp³-hybridized carbons (Fsp3) is 0.545. The lowest BCUT2D eigenvalue weighted by Gasteiger charge is -2.60. The second kappa shape index (κ2) is 11.5. The number of rotatable bonds is 10. The van der Waals surface area contributed by atoms with E-state index in [-0.39, 0.29) is 49.2 Å². The summed E-state index contributed by atoms with van der Waals surface area (Å²) in [6.07, 6.45) is -0.969. The number of alkyl halides is 3. The Hall–Kier alpha value is -2.96. The molecule has 2 bridgehead atoms. The first-order valence-corrected chi connectivity index (χ1v) is 13.9. The van der Waals surface area contributed by atoms with E-state index in [2.05, 4.69) is 0 Å². The van der Waals surface area contributed by atoms with E-state index in [4.69, 9.17) is 4.74 Å². The third kappa shape index (κ3) is 5.48. The minimum Gasteiger partial charge on any atom is -0.499 e. The fourth-order valence-electron chi connectivity index (χ4n) is 6.67. The molecule has 4 nitrogen and oxygen atoms in total. The Labute approximate surface area is 235 Å². The highest BCUT2D eigenvalue weighted by Crippen LogP contribution is 2.67. The molecule has 1 fully saturated rings. The Kier molecular flexibility index (Phi) is 9.07. The van der Waals surface area contributed by atoms with Crippen LogP contribution in [0.1, 0.15) is 90.4 Å². The molecule has 0 radical (unpaired) electrons. The van der Waals surface area contributed by atoms with Crippen molar-refractivity contribution in [2.24, 2.45) is 22.2 Å². The van der Waals surface area contributed by atoms with Crippen LogP contribution in [-0.2, 0) is 14.3 Å². The fourth-order valence-corrected chi connectivity index (χ4v) is 6.67. The quantitative estimate of drug-likeness (QED) is 0.125. The number of halogens is 3. The monoisotopic (exact) mass is 558 g/mol. The summed E-state index contributed by atoms with van der Waals surface area (Å²) in [4.78, 5) is 43.6. The summed E-state index contributed by atoms with van der Waals surface area (Å²) in [7, 11) is 1.36. The van der Waals surface area contributed by atoms with Crippen LogP contribution in [0.4, 0.5) is 13.2 Å². The van der Waals surface area contributed by atoms with Gasteiger partial charge in [-0.05, 0) is 71.1 Å². The number of carbonyl (C=O) groups excluding carboxylic acids is 3. The molecule has 218 valence electrons. The summed E-state index contributed by atoms with van der Waals surface area (Å²) in [5.74, 6) is -1.77. The van der Waals surface area contributed by atoms with Crippen molar-refractivity contribution in [3.05, 3.63) is 70.5 Å². The van der Waals surface area contributed by atoms with Crippen molar-refractivity contribution in [1.29, 1.82) is 0 Å². The number of hydrogen-bond donors (Lipinski definition) is 0. The highest BCUT2D eigenvalue weighted by atomic mass is 19.4. The highest BCUT2D eigenvalue weighted by molar-refractivity contribution is 6.35. The molecule has 40 heavy (non-hydrogen) atoms. The van der Waals surface area contributed by atoms with Crippen LogP contribution in [0.3, 0.4) is 0 Å². The maximum absolute atomic E-state index is 14.9. The second-order valence-electron chi connectivity index (χ2n) is 12.4. The van der Waals surface area contributed by atoms with Gasteiger partial charge in [-0.1, -0.05) is 67.5 Å². The third-order valence-corrected chi connectivity index (χ3v) is 8.97. The van der Waals surface area contributed by atoms with Crippen molar-refractivity contribution >= 4 is 17.3 Å². The van der Waals surface area contributed by atoms with Crippen molar-refractivity contribution < 1.29 is 32.3 Å². The van der Waals surface area contributed by atoms with Crippen molar-refractivity contribution in [1.82, 2.24) is 0 Å². The van der Waals surface area contributed by atoms with Gasteiger partial charge in [0.05, 0.1) is 12.5 Å². The number of methoxy groups -OCH3 is 1. The molecule has 3 rings (SSSR count). The summed E-state index contributed by atoms with van der Waals surface area (Å²) >= 11 is 0. The first-order chi connectivity index (χ1) is 18.5. The normalized spacial score (nSPS) is 25.9. The van der Waals surface area contributed by atoms with Crippen LogP contribution in [-0.4, -0.2) is 30.6 Å². The zero-order chi connectivity index (χ0) is 30.1. The molecule has 1 saturated carbocycles. The molecule has 0 spiro atoms. The van der Waals surface area contributed by atoms with E-state index < -0.39 is 46.3 Å². The van der Waals surface area contributed by atoms with E-state index in [1.165, 1.54) is 7.11 Å². The smallest absolute Gasteiger partial charge is 0.389 e. The molecule has 0 heterocycles. The largest absolute Gasteiger partial charge is 0.499 e. The average molecular weight is 559 g/mol. The second-order valence-corrected chi connectivity index (χ2v) is 12.4. The molecule has 2 aliphatic carbocycles. The van der Waals surface area contributed by atoms with Crippen LogP contribution in [0.2, 0.25) is 0 Å². The Morgan fingerprint density at radius 1 is 1.00 bits per heavy atom. The van der Waals surface area contributed by atoms with Gasteiger partial charge in [0.15, 0.2) is 17.3 Å². The lowest BCUT2D eigenvalue weighted by Crippen LogP contribution is -2.67. The predicted octanol–water partition coefficient (Wildman–Crippen LogP) is 8.39. The SMILES string of the molecule is COC1=C(C(=O)c2ccccc2)C(=O)[C@]2(CC=C(C)C)C(=O)[C@@]1(CC=C(C)C)C[C@H](CCCC(F)(F)F)C2(C)C. The molecular formula is C33H41F3O4. The molecule has 7 heteroatoms. The number of fused-ring (bicyclic) bond motifs is 2. The van der Waals surface area contributed by atoms with Gasteiger partial charge in [-0.2, -0.15) is 13.2 Å². The average Bonchev–Trinajstić information content (AvgIpc) is 2.87. The summed E-state index contributed by atoms with van der Waals surface area (Å²) in [6, 6.07) is 8.43. The zero-order valence-electron chi connectivity index (χ0n) is 24.6. The highest BCUT2D eigenvalue weighted by Gasteiger charge is 2.72. The van der Waals surface area contributed by atoms with Gasteiger partial charge in [-0.25, -0.2) is 0 Å². The van der Waals surface area contributed by atoms with Gasteiger partial charge in [-0.3, -0.25) is 14.4 Å². The van der Waals surface area contributed by atoms with Crippen LogP contribution in [0, 0.1) is 22.2 Å². The first-order valence-electron chi connectivity index (χ1n) is 13.9. The number of hydrogen-bond acceptors (Lipinski definition) is 4. The number of Topliss-reactive ketones (excluding diaryl/α,β-unsaturated/α-hetero) is 3. The minimum atomic E-state index is -4.30. The number of benzene rings is 1. The topological polar surface area (TPSA) is 60.4 Å². The van der Waals surface area contributed by atoms with Gasteiger partial charge >= 0.3 is 6.18 Å². The Morgan fingerprint density at radius 3 is 2.10 bits per heavy atom. The maximum atomic E-state index is 14.9. The van der Waals surface area contributed by atoms with Crippen LogP contribution in [0.15, 0.2) is 65.0 Å². The van der Waals surface area contributed by atoms with Gasteiger partial charge in [0, 0.05) is 12.0 Å². The van der Waals surface area contributed by atoms with Crippen molar-refractivity contribution in [2.75, 3.05) is 7.11 Å². The van der Waals surface area contributed by atoms with Gasteiger partial charge in [0.1, 0.15) is 16.7 Å².